The second-order valence-electron chi connectivity index (χ2n) is 4.71. The molecule has 3 N–H and O–H groups in total. The quantitative estimate of drug-likeness (QED) is 0.533. The van der Waals surface area contributed by atoms with E-state index < -0.39 is 11.5 Å². The average Bonchev–Trinajstić information content (AvgIpc) is 2.26. The van der Waals surface area contributed by atoms with Gasteiger partial charge < -0.3 is 15.4 Å². The second-order valence-corrected chi connectivity index (χ2v) is 6.14. The zero-order valence-corrected chi connectivity index (χ0v) is 12.3. The van der Waals surface area contributed by atoms with E-state index in [4.69, 9.17) is 0 Å². The molecule has 0 aliphatic rings. The summed E-state index contributed by atoms with van der Waals surface area (Å²) in [6.45, 7) is 5.29. The van der Waals surface area contributed by atoms with Crippen molar-refractivity contribution >= 4 is 17.7 Å². The SMILES string of the molecule is CNC(C)(CC(C)Sc1nc(C)cc(=O)[nH]1)C(=O)O. The fourth-order valence-corrected chi connectivity index (χ4v) is 2.86. The predicted octanol–water partition coefficient (Wildman–Crippen LogP) is 1.01. The number of aryl methyl sites for hydroxylation is 1. The molecular weight excluding hydrogens is 266 g/mol. The van der Waals surface area contributed by atoms with Crippen molar-refractivity contribution in [3.63, 3.8) is 0 Å². The molecule has 19 heavy (non-hydrogen) atoms. The maximum Gasteiger partial charge on any atom is 0.323 e. The summed E-state index contributed by atoms with van der Waals surface area (Å²) in [6.07, 6.45) is 0.418. The second kappa shape index (κ2) is 6.21. The number of nitrogens with zero attached hydrogens (tertiary/aromatic N) is 1. The predicted molar refractivity (Wildman–Crippen MR) is 74.6 cm³/mol. The number of thioether (sulfide) groups is 1. The number of likely N-dealkylation sites (N-methyl/N-ethyl adjacent to an activating group) is 1. The van der Waals surface area contributed by atoms with Crippen LogP contribution in [0.4, 0.5) is 0 Å². The van der Waals surface area contributed by atoms with Gasteiger partial charge in [-0.15, -0.1) is 0 Å². The number of carboxylic acids is 1. The third kappa shape index (κ3) is 4.36. The van der Waals surface area contributed by atoms with Gasteiger partial charge in [-0.25, -0.2) is 4.98 Å². The van der Waals surface area contributed by atoms with Crippen molar-refractivity contribution in [2.24, 2.45) is 0 Å². The van der Waals surface area contributed by atoms with E-state index >= 15 is 0 Å². The van der Waals surface area contributed by atoms with Crippen LogP contribution in [-0.4, -0.2) is 38.9 Å². The Labute approximate surface area is 116 Å². The maximum absolute atomic E-state index is 11.3. The number of aromatic amines is 1. The molecule has 106 valence electrons. The largest absolute Gasteiger partial charge is 0.480 e. The molecule has 1 rings (SSSR count). The first-order valence-electron chi connectivity index (χ1n) is 5.94. The van der Waals surface area contributed by atoms with Crippen LogP contribution in [0.5, 0.6) is 0 Å². The van der Waals surface area contributed by atoms with Crippen molar-refractivity contribution in [3.8, 4) is 0 Å². The summed E-state index contributed by atoms with van der Waals surface area (Å²) in [5, 5.41) is 12.5. The topological polar surface area (TPSA) is 95.1 Å². The molecule has 0 aliphatic carbocycles. The Bertz CT molecular complexity index is 517. The molecule has 1 aromatic heterocycles. The minimum absolute atomic E-state index is 0.00139. The fraction of sp³-hybridized carbons (Fsp3) is 0.583. The van der Waals surface area contributed by atoms with E-state index in [1.54, 1.807) is 20.9 Å². The van der Waals surface area contributed by atoms with Gasteiger partial charge in [0.2, 0.25) is 0 Å². The normalized spacial score (nSPS) is 15.8. The van der Waals surface area contributed by atoms with Gasteiger partial charge in [0.05, 0.1) is 0 Å². The van der Waals surface area contributed by atoms with Crippen LogP contribution >= 0.6 is 11.8 Å². The van der Waals surface area contributed by atoms with E-state index in [1.165, 1.54) is 17.8 Å². The van der Waals surface area contributed by atoms with E-state index in [1.807, 2.05) is 6.92 Å². The highest BCUT2D eigenvalue weighted by Gasteiger charge is 2.33. The van der Waals surface area contributed by atoms with E-state index in [-0.39, 0.29) is 10.8 Å². The monoisotopic (exact) mass is 285 g/mol. The smallest absolute Gasteiger partial charge is 0.323 e. The Morgan fingerprint density at radius 1 is 1.68 bits per heavy atom. The Morgan fingerprint density at radius 3 is 2.79 bits per heavy atom. The number of carbonyl (C=O) groups is 1. The van der Waals surface area contributed by atoms with Gasteiger partial charge in [0, 0.05) is 17.0 Å². The third-order valence-corrected chi connectivity index (χ3v) is 3.87. The average molecular weight is 285 g/mol. The minimum atomic E-state index is -0.990. The Hall–Kier alpha value is -1.34. The maximum atomic E-state index is 11.3. The van der Waals surface area contributed by atoms with Crippen LogP contribution in [0.2, 0.25) is 0 Å². The molecule has 0 bridgehead atoms. The number of nitrogens with one attached hydrogen (secondary N) is 2. The molecule has 7 heteroatoms. The molecule has 2 unspecified atom stereocenters. The van der Waals surface area contributed by atoms with Crippen molar-refractivity contribution in [3.05, 3.63) is 22.1 Å². The van der Waals surface area contributed by atoms with Gasteiger partial charge in [0.1, 0.15) is 5.54 Å². The minimum Gasteiger partial charge on any atom is -0.480 e. The summed E-state index contributed by atoms with van der Waals surface area (Å²) in [4.78, 5) is 29.4. The Balaban J connectivity index is 2.77. The zero-order valence-electron chi connectivity index (χ0n) is 11.5. The molecule has 0 spiro atoms. The number of aromatic nitrogens is 2. The van der Waals surface area contributed by atoms with Gasteiger partial charge >= 0.3 is 5.97 Å². The van der Waals surface area contributed by atoms with Gasteiger partial charge in [0.25, 0.3) is 5.56 Å². The van der Waals surface area contributed by atoms with Gasteiger partial charge in [-0.1, -0.05) is 18.7 Å². The van der Waals surface area contributed by atoms with Gasteiger partial charge in [0.15, 0.2) is 5.16 Å². The molecule has 2 atom stereocenters. The molecule has 0 fully saturated rings. The highest BCUT2D eigenvalue weighted by molar-refractivity contribution is 7.99. The van der Waals surface area contributed by atoms with Gasteiger partial charge in [-0.2, -0.15) is 0 Å². The summed E-state index contributed by atoms with van der Waals surface area (Å²) < 4.78 is 0. The van der Waals surface area contributed by atoms with Gasteiger partial charge in [-0.3, -0.25) is 9.59 Å². The first-order chi connectivity index (χ1) is 8.76. The van der Waals surface area contributed by atoms with Crippen molar-refractivity contribution < 1.29 is 9.90 Å². The lowest BCUT2D eigenvalue weighted by Crippen LogP contribution is -2.49. The fourth-order valence-electron chi connectivity index (χ4n) is 1.71. The molecule has 0 radical (unpaired) electrons. The molecule has 0 amide bonds. The molecular formula is C12H19N3O3S. The van der Waals surface area contributed by atoms with Crippen LogP contribution in [0, 0.1) is 6.92 Å². The molecule has 6 nitrogen and oxygen atoms in total. The van der Waals surface area contributed by atoms with Crippen LogP contribution in [0.3, 0.4) is 0 Å². The van der Waals surface area contributed by atoms with Crippen LogP contribution in [-0.2, 0) is 4.79 Å². The van der Waals surface area contributed by atoms with E-state index in [0.717, 1.165) is 0 Å². The molecule has 0 saturated heterocycles. The van der Waals surface area contributed by atoms with Crippen molar-refractivity contribution in [2.45, 2.75) is 43.1 Å². The van der Waals surface area contributed by atoms with Crippen LogP contribution < -0.4 is 10.9 Å². The molecule has 0 aliphatic heterocycles. The number of H-pyrrole nitrogens is 1. The van der Waals surface area contributed by atoms with Crippen molar-refractivity contribution in [1.29, 1.82) is 0 Å². The number of hydrogen-bond acceptors (Lipinski definition) is 5. The summed E-state index contributed by atoms with van der Waals surface area (Å²) in [5.74, 6) is -0.895. The molecule has 1 heterocycles. The first kappa shape index (κ1) is 15.7. The lowest BCUT2D eigenvalue weighted by molar-refractivity contribution is -0.144. The summed E-state index contributed by atoms with van der Waals surface area (Å²) in [7, 11) is 1.62. The summed E-state index contributed by atoms with van der Waals surface area (Å²) in [5.41, 5.74) is -0.541. The molecule has 0 saturated carbocycles. The number of carboxylic acid groups (broad SMARTS) is 1. The molecule has 1 aromatic rings. The number of rotatable bonds is 6. The van der Waals surface area contributed by atoms with Crippen molar-refractivity contribution in [1.82, 2.24) is 15.3 Å². The van der Waals surface area contributed by atoms with E-state index in [2.05, 4.69) is 15.3 Å². The Kier molecular flexibility index (Phi) is 5.13. The first-order valence-corrected chi connectivity index (χ1v) is 6.82. The zero-order chi connectivity index (χ0) is 14.6. The molecule has 0 aromatic carbocycles. The van der Waals surface area contributed by atoms with E-state index in [0.29, 0.717) is 17.3 Å². The highest BCUT2D eigenvalue weighted by Crippen LogP contribution is 2.26. The number of aliphatic carboxylic acids is 1. The van der Waals surface area contributed by atoms with Crippen LogP contribution in [0.25, 0.3) is 0 Å². The third-order valence-electron chi connectivity index (χ3n) is 2.88. The highest BCUT2D eigenvalue weighted by atomic mass is 32.2. The van der Waals surface area contributed by atoms with Crippen LogP contribution in [0.1, 0.15) is 26.0 Å². The van der Waals surface area contributed by atoms with Crippen LogP contribution in [0.15, 0.2) is 16.0 Å². The van der Waals surface area contributed by atoms with Crippen molar-refractivity contribution in [2.75, 3.05) is 7.05 Å². The lowest BCUT2D eigenvalue weighted by Gasteiger charge is -2.26. The summed E-state index contributed by atoms with van der Waals surface area (Å²) >= 11 is 1.36. The number of hydrogen-bond donors (Lipinski definition) is 3. The summed E-state index contributed by atoms with van der Waals surface area (Å²) in [6, 6.07) is 1.42. The Morgan fingerprint density at radius 2 is 2.32 bits per heavy atom. The lowest BCUT2D eigenvalue weighted by atomic mass is 9.97. The standard InChI is InChI=1S/C12H19N3O3S/c1-7-5-9(16)15-11(14-7)19-8(2)6-12(3,13-4)10(17)18/h5,8,13H,6H2,1-4H3,(H,17,18)(H,14,15,16). The van der Waals surface area contributed by atoms with Gasteiger partial charge in [-0.05, 0) is 27.3 Å². The van der Waals surface area contributed by atoms with E-state index in [9.17, 15) is 14.7 Å².